The third-order valence-electron chi connectivity index (χ3n) is 4.42. The Balaban J connectivity index is 1.42. The second kappa shape index (κ2) is 6.16. The molecular formula is C19H20N4. The van der Waals surface area contributed by atoms with E-state index in [9.17, 15) is 0 Å². The van der Waals surface area contributed by atoms with Crippen molar-refractivity contribution in [3.05, 3.63) is 73.3 Å². The van der Waals surface area contributed by atoms with Crippen molar-refractivity contribution >= 4 is 11.4 Å². The van der Waals surface area contributed by atoms with Gasteiger partial charge in [-0.1, -0.05) is 18.2 Å². The second-order valence-corrected chi connectivity index (χ2v) is 5.80. The van der Waals surface area contributed by atoms with Gasteiger partial charge in [-0.2, -0.15) is 0 Å². The number of aromatic nitrogens is 2. The first-order valence-corrected chi connectivity index (χ1v) is 8.03. The number of piperazine rings is 1. The molecule has 3 aromatic rings. The molecular weight excluding hydrogens is 284 g/mol. The molecule has 1 aliphatic heterocycles. The molecule has 0 amide bonds. The standard InChI is InChI=1S/C19H20N4/c1-2-4-17(5-3-1)21-12-14-22(15-13-21)18-6-8-19(9-7-18)23-11-10-20-16-23/h1-11,16H,12-15H2. The quantitative estimate of drug-likeness (QED) is 0.742. The average Bonchev–Trinajstić information content (AvgIpc) is 3.18. The van der Waals surface area contributed by atoms with Crippen LogP contribution in [0.25, 0.3) is 5.69 Å². The van der Waals surface area contributed by atoms with E-state index in [1.54, 1.807) is 6.20 Å². The van der Waals surface area contributed by atoms with Gasteiger partial charge in [0, 0.05) is 55.6 Å². The zero-order valence-electron chi connectivity index (χ0n) is 13.0. The van der Waals surface area contributed by atoms with Crippen molar-refractivity contribution in [1.29, 1.82) is 0 Å². The lowest BCUT2D eigenvalue weighted by atomic mass is 10.2. The summed E-state index contributed by atoms with van der Waals surface area (Å²) >= 11 is 0. The molecule has 116 valence electrons. The summed E-state index contributed by atoms with van der Waals surface area (Å²) in [5, 5.41) is 0. The van der Waals surface area contributed by atoms with Crippen molar-refractivity contribution in [3.63, 3.8) is 0 Å². The Morgan fingerprint density at radius 2 is 1.22 bits per heavy atom. The predicted octanol–water partition coefficient (Wildman–Crippen LogP) is 3.20. The van der Waals surface area contributed by atoms with E-state index in [4.69, 9.17) is 0 Å². The van der Waals surface area contributed by atoms with Gasteiger partial charge in [0.2, 0.25) is 0 Å². The van der Waals surface area contributed by atoms with Crippen LogP contribution in [0, 0.1) is 0 Å². The van der Waals surface area contributed by atoms with Crippen LogP contribution in [0.2, 0.25) is 0 Å². The zero-order valence-corrected chi connectivity index (χ0v) is 13.0. The normalized spacial score (nSPS) is 15.0. The third kappa shape index (κ3) is 2.93. The molecule has 0 radical (unpaired) electrons. The molecule has 0 atom stereocenters. The number of para-hydroxylation sites is 1. The van der Waals surface area contributed by atoms with E-state index < -0.39 is 0 Å². The maximum absolute atomic E-state index is 4.09. The molecule has 0 unspecified atom stereocenters. The van der Waals surface area contributed by atoms with E-state index in [1.165, 1.54) is 11.4 Å². The highest BCUT2D eigenvalue weighted by Gasteiger charge is 2.17. The van der Waals surface area contributed by atoms with Crippen LogP contribution >= 0.6 is 0 Å². The number of nitrogens with zero attached hydrogens (tertiary/aromatic N) is 4. The maximum Gasteiger partial charge on any atom is 0.0991 e. The number of anilines is 2. The molecule has 4 rings (SSSR count). The van der Waals surface area contributed by atoms with E-state index in [1.807, 2.05) is 17.1 Å². The molecule has 1 saturated heterocycles. The van der Waals surface area contributed by atoms with Crippen LogP contribution in [-0.4, -0.2) is 35.7 Å². The summed E-state index contributed by atoms with van der Waals surface area (Å²) in [6.45, 7) is 4.24. The van der Waals surface area contributed by atoms with Crippen molar-refractivity contribution in [2.24, 2.45) is 0 Å². The smallest absolute Gasteiger partial charge is 0.0991 e. The predicted molar refractivity (Wildman–Crippen MR) is 94.4 cm³/mol. The highest BCUT2D eigenvalue weighted by Crippen LogP contribution is 2.21. The Labute approximate surface area is 136 Å². The van der Waals surface area contributed by atoms with E-state index in [2.05, 4.69) is 69.4 Å². The minimum Gasteiger partial charge on any atom is -0.368 e. The Bertz CT molecular complexity index is 727. The summed E-state index contributed by atoms with van der Waals surface area (Å²) in [5.41, 5.74) is 3.76. The Kier molecular flexibility index (Phi) is 3.72. The molecule has 2 heterocycles. The highest BCUT2D eigenvalue weighted by molar-refractivity contribution is 5.54. The van der Waals surface area contributed by atoms with Crippen LogP contribution in [0.1, 0.15) is 0 Å². The van der Waals surface area contributed by atoms with E-state index in [-0.39, 0.29) is 0 Å². The minimum absolute atomic E-state index is 1.05. The second-order valence-electron chi connectivity index (χ2n) is 5.80. The lowest BCUT2D eigenvalue weighted by Crippen LogP contribution is -2.46. The number of hydrogen-bond donors (Lipinski definition) is 0. The largest absolute Gasteiger partial charge is 0.368 e. The molecule has 0 saturated carbocycles. The van der Waals surface area contributed by atoms with Crippen molar-refractivity contribution < 1.29 is 0 Å². The lowest BCUT2D eigenvalue weighted by Gasteiger charge is -2.37. The van der Waals surface area contributed by atoms with Gasteiger partial charge in [0.25, 0.3) is 0 Å². The third-order valence-corrected chi connectivity index (χ3v) is 4.42. The Hall–Kier alpha value is -2.75. The van der Waals surface area contributed by atoms with Crippen LogP contribution in [0.3, 0.4) is 0 Å². The van der Waals surface area contributed by atoms with Crippen LogP contribution in [-0.2, 0) is 0 Å². The summed E-state index contributed by atoms with van der Waals surface area (Å²) in [4.78, 5) is 9.01. The molecule has 23 heavy (non-hydrogen) atoms. The van der Waals surface area contributed by atoms with Gasteiger partial charge >= 0.3 is 0 Å². The molecule has 2 aromatic carbocycles. The summed E-state index contributed by atoms with van der Waals surface area (Å²) in [6, 6.07) is 19.4. The number of imidazole rings is 1. The van der Waals surface area contributed by atoms with Crippen LogP contribution < -0.4 is 9.80 Å². The van der Waals surface area contributed by atoms with Crippen molar-refractivity contribution in [3.8, 4) is 5.69 Å². The maximum atomic E-state index is 4.09. The first-order chi connectivity index (χ1) is 11.4. The van der Waals surface area contributed by atoms with Crippen LogP contribution in [0.5, 0.6) is 0 Å². The molecule has 1 fully saturated rings. The fraction of sp³-hybridized carbons (Fsp3) is 0.211. The van der Waals surface area contributed by atoms with Gasteiger partial charge in [-0.25, -0.2) is 4.98 Å². The molecule has 0 bridgehead atoms. The Morgan fingerprint density at radius 1 is 0.652 bits per heavy atom. The number of benzene rings is 2. The van der Waals surface area contributed by atoms with Crippen molar-refractivity contribution in [1.82, 2.24) is 9.55 Å². The summed E-state index contributed by atoms with van der Waals surface area (Å²) in [5.74, 6) is 0. The van der Waals surface area contributed by atoms with Crippen molar-refractivity contribution in [2.75, 3.05) is 36.0 Å². The van der Waals surface area contributed by atoms with Gasteiger partial charge in [-0.3, -0.25) is 0 Å². The van der Waals surface area contributed by atoms with Gasteiger partial charge in [0.05, 0.1) is 6.33 Å². The highest BCUT2D eigenvalue weighted by atomic mass is 15.3. The molecule has 0 N–H and O–H groups in total. The molecule has 4 nitrogen and oxygen atoms in total. The summed E-state index contributed by atoms with van der Waals surface area (Å²) in [7, 11) is 0. The van der Waals surface area contributed by atoms with Gasteiger partial charge in [-0.15, -0.1) is 0 Å². The molecule has 1 aliphatic rings. The van der Waals surface area contributed by atoms with Crippen molar-refractivity contribution in [2.45, 2.75) is 0 Å². The fourth-order valence-corrected chi connectivity index (χ4v) is 3.11. The Morgan fingerprint density at radius 3 is 1.78 bits per heavy atom. The SMILES string of the molecule is c1ccc(N2CCN(c3ccc(-n4ccnc4)cc3)CC2)cc1. The topological polar surface area (TPSA) is 24.3 Å². The average molecular weight is 304 g/mol. The monoisotopic (exact) mass is 304 g/mol. The molecule has 0 aliphatic carbocycles. The zero-order chi connectivity index (χ0) is 15.5. The van der Waals surface area contributed by atoms with E-state index in [0.717, 1.165) is 31.9 Å². The molecule has 4 heteroatoms. The van der Waals surface area contributed by atoms with Crippen LogP contribution in [0.4, 0.5) is 11.4 Å². The lowest BCUT2D eigenvalue weighted by molar-refractivity contribution is 0.653. The van der Waals surface area contributed by atoms with E-state index >= 15 is 0 Å². The minimum atomic E-state index is 1.05. The van der Waals surface area contributed by atoms with Gasteiger partial charge < -0.3 is 14.4 Å². The number of rotatable bonds is 3. The van der Waals surface area contributed by atoms with Crippen LogP contribution in [0.15, 0.2) is 73.3 Å². The van der Waals surface area contributed by atoms with Gasteiger partial charge in [0.15, 0.2) is 0 Å². The first kappa shape index (κ1) is 13.9. The first-order valence-electron chi connectivity index (χ1n) is 8.03. The molecule has 0 spiro atoms. The van der Waals surface area contributed by atoms with Gasteiger partial charge in [-0.05, 0) is 36.4 Å². The molecule has 1 aromatic heterocycles. The summed E-state index contributed by atoms with van der Waals surface area (Å²) < 4.78 is 2.02. The van der Waals surface area contributed by atoms with Gasteiger partial charge in [0.1, 0.15) is 0 Å². The summed E-state index contributed by atoms with van der Waals surface area (Å²) in [6.07, 6.45) is 5.60. The number of hydrogen-bond acceptors (Lipinski definition) is 3. The van der Waals surface area contributed by atoms with E-state index in [0.29, 0.717) is 0 Å². The fourth-order valence-electron chi connectivity index (χ4n) is 3.11.